The second-order valence-corrected chi connectivity index (χ2v) is 5.23. The second kappa shape index (κ2) is 5.48. The summed E-state index contributed by atoms with van der Waals surface area (Å²) < 4.78 is 0. The predicted octanol–water partition coefficient (Wildman–Crippen LogP) is 4.53. The lowest BCUT2D eigenvalue weighted by atomic mass is 10.0. The third-order valence-electron chi connectivity index (χ3n) is 2.72. The highest BCUT2D eigenvalue weighted by molar-refractivity contribution is 7.07. The first-order valence-electron chi connectivity index (χ1n) is 5.47. The zero-order chi connectivity index (χ0) is 12.3. The van der Waals surface area contributed by atoms with E-state index in [0.717, 1.165) is 17.5 Å². The number of benzene rings is 1. The van der Waals surface area contributed by atoms with Gasteiger partial charge in [0.1, 0.15) is 0 Å². The second-order valence-electron chi connectivity index (χ2n) is 4.01. The van der Waals surface area contributed by atoms with Crippen LogP contribution in [0.15, 0.2) is 35.0 Å². The molecule has 88 valence electrons. The highest BCUT2D eigenvalue weighted by Crippen LogP contribution is 2.18. The third kappa shape index (κ3) is 3.18. The Balaban J connectivity index is 2.07. The van der Waals surface area contributed by atoms with Gasteiger partial charge < -0.3 is 0 Å². The topological polar surface area (TPSA) is 17.1 Å². The van der Waals surface area contributed by atoms with Crippen molar-refractivity contribution in [2.45, 2.75) is 19.8 Å². The normalized spacial score (nSPS) is 10.5. The Morgan fingerprint density at radius 3 is 2.88 bits per heavy atom. The van der Waals surface area contributed by atoms with Gasteiger partial charge in [-0.1, -0.05) is 17.7 Å². The van der Waals surface area contributed by atoms with Crippen molar-refractivity contribution >= 4 is 28.7 Å². The first-order valence-corrected chi connectivity index (χ1v) is 6.79. The van der Waals surface area contributed by atoms with Gasteiger partial charge in [-0.05, 0) is 53.4 Å². The van der Waals surface area contributed by atoms with Crippen LogP contribution in [-0.4, -0.2) is 5.78 Å². The quantitative estimate of drug-likeness (QED) is 0.742. The first-order chi connectivity index (χ1) is 8.16. The zero-order valence-electron chi connectivity index (χ0n) is 9.57. The fourth-order valence-corrected chi connectivity index (χ4v) is 2.60. The van der Waals surface area contributed by atoms with E-state index in [9.17, 15) is 4.79 Å². The predicted molar refractivity (Wildman–Crippen MR) is 73.2 cm³/mol. The van der Waals surface area contributed by atoms with Crippen molar-refractivity contribution in [3.8, 4) is 0 Å². The van der Waals surface area contributed by atoms with Gasteiger partial charge in [0, 0.05) is 17.0 Å². The Hall–Kier alpha value is -1.12. The van der Waals surface area contributed by atoms with Crippen LogP contribution in [-0.2, 0) is 6.42 Å². The molecule has 1 aromatic heterocycles. The first kappa shape index (κ1) is 12.3. The number of ketones is 1. The van der Waals surface area contributed by atoms with Crippen molar-refractivity contribution in [2.24, 2.45) is 0 Å². The number of aryl methyl sites for hydroxylation is 2. The van der Waals surface area contributed by atoms with Gasteiger partial charge in [-0.3, -0.25) is 4.79 Å². The van der Waals surface area contributed by atoms with Crippen molar-refractivity contribution in [3.63, 3.8) is 0 Å². The van der Waals surface area contributed by atoms with Crippen LogP contribution in [0.2, 0.25) is 5.02 Å². The molecular formula is C14H13ClOS. The minimum absolute atomic E-state index is 0.163. The van der Waals surface area contributed by atoms with Gasteiger partial charge >= 0.3 is 0 Å². The van der Waals surface area contributed by atoms with Crippen LogP contribution >= 0.6 is 22.9 Å². The standard InChI is InChI=1S/C14H13ClOS/c1-10-2-4-12(15)8-13(10)14(16)5-3-11-6-7-17-9-11/h2,4,6-9H,3,5H2,1H3. The highest BCUT2D eigenvalue weighted by Gasteiger charge is 2.09. The van der Waals surface area contributed by atoms with Crippen molar-refractivity contribution < 1.29 is 4.79 Å². The Morgan fingerprint density at radius 2 is 2.18 bits per heavy atom. The molecule has 1 aromatic carbocycles. The molecule has 0 bridgehead atoms. The molecule has 0 aliphatic heterocycles. The molecule has 2 aromatic rings. The number of thiophene rings is 1. The van der Waals surface area contributed by atoms with Crippen LogP contribution < -0.4 is 0 Å². The third-order valence-corrected chi connectivity index (χ3v) is 3.69. The van der Waals surface area contributed by atoms with Gasteiger partial charge in [-0.15, -0.1) is 0 Å². The lowest BCUT2D eigenvalue weighted by Crippen LogP contribution is -2.03. The maximum Gasteiger partial charge on any atom is 0.163 e. The monoisotopic (exact) mass is 264 g/mol. The molecule has 1 nitrogen and oxygen atoms in total. The summed E-state index contributed by atoms with van der Waals surface area (Å²) >= 11 is 7.57. The van der Waals surface area contributed by atoms with Crippen LogP contribution in [0, 0.1) is 6.92 Å². The maximum atomic E-state index is 12.1. The molecule has 3 heteroatoms. The summed E-state index contributed by atoms with van der Waals surface area (Å²) in [6.07, 6.45) is 1.34. The van der Waals surface area contributed by atoms with Crippen molar-refractivity contribution in [1.29, 1.82) is 0 Å². The van der Waals surface area contributed by atoms with E-state index in [1.54, 1.807) is 17.4 Å². The summed E-state index contributed by atoms with van der Waals surface area (Å²) in [5.41, 5.74) is 2.96. The summed E-state index contributed by atoms with van der Waals surface area (Å²) in [5, 5.41) is 4.73. The number of rotatable bonds is 4. The average molecular weight is 265 g/mol. The fraction of sp³-hybridized carbons (Fsp3) is 0.214. The number of hydrogen-bond donors (Lipinski definition) is 0. The van der Waals surface area contributed by atoms with Crippen LogP contribution in [0.3, 0.4) is 0 Å². The van der Waals surface area contributed by atoms with Crippen molar-refractivity contribution in [2.75, 3.05) is 0 Å². The minimum atomic E-state index is 0.163. The summed E-state index contributed by atoms with van der Waals surface area (Å²) in [5.74, 6) is 0.163. The van der Waals surface area contributed by atoms with Crippen LogP contribution in [0.4, 0.5) is 0 Å². The van der Waals surface area contributed by atoms with Gasteiger partial charge in [0.25, 0.3) is 0 Å². The van der Waals surface area contributed by atoms with Gasteiger partial charge in [-0.25, -0.2) is 0 Å². The number of carbonyl (C=O) groups is 1. The Labute approximate surface area is 110 Å². The molecule has 0 atom stereocenters. The van der Waals surface area contributed by atoms with E-state index in [-0.39, 0.29) is 5.78 Å². The number of Topliss-reactive ketones (excluding diaryl/α,β-unsaturated/α-hetero) is 1. The largest absolute Gasteiger partial charge is 0.294 e. The number of hydrogen-bond acceptors (Lipinski definition) is 2. The van der Waals surface area contributed by atoms with E-state index >= 15 is 0 Å². The van der Waals surface area contributed by atoms with Crippen LogP contribution in [0.25, 0.3) is 0 Å². The molecule has 17 heavy (non-hydrogen) atoms. The van der Waals surface area contributed by atoms with E-state index in [1.165, 1.54) is 5.56 Å². The molecule has 0 radical (unpaired) electrons. The Bertz CT molecular complexity index is 517. The van der Waals surface area contributed by atoms with Crippen molar-refractivity contribution in [3.05, 3.63) is 56.7 Å². The summed E-state index contributed by atoms with van der Waals surface area (Å²) in [4.78, 5) is 12.1. The summed E-state index contributed by atoms with van der Waals surface area (Å²) in [6.45, 7) is 1.94. The molecule has 0 saturated carbocycles. The molecule has 0 unspecified atom stereocenters. The summed E-state index contributed by atoms with van der Waals surface area (Å²) in [6, 6.07) is 7.52. The number of carbonyl (C=O) groups excluding carboxylic acids is 1. The molecule has 2 rings (SSSR count). The molecule has 1 heterocycles. The molecule has 0 N–H and O–H groups in total. The maximum absolute atomic E-state index is 12.1. The SMILES string of the molecule is Cc1ccc(Cl)cc1C(=O)CCc1ccsc1. The van der Waals surface area contributed by atoms with Crippen molar-refractivity contribution in [1.82, 2.24) is 0 Å². The smallest absolute Gasteiger partial charge is 0.163 e. The van der Waals surface area contributed by atoms with Gasteiger partial charge in [0.15, 0.2) is 5.78 Å². The van der Waals surface area contributed by atoms with Crippen LogP contribution in [0.5, 0.6) is 0 Å². The molecule has 0 spiro atoms. The molecular weight excluding hydrogens is 252 g/mol. The number of halogens is 1. The van der Waals surface area contributed by atoms with Gasteiger partial charge in [0.05, 0.1) is 0 Å². The van der Waals surface area contributed by atoms with Gasteiger partial charge in [-0.2, -0.15) is 11.3 Å². The highest BCUT2D eigenvalue weighted by atomic mass is 35.5. The Morgan fingerprint density at radius 1 is 1.35 bits per heavy atom. The average Bonchev–Trinajstić information content (AvgIpc) is 2.82. The van der Waals surface area contributed by atoms with E-state index in [0.29, 0.717) is 11.4 Å². The molecule has 0 fully saturated rings. The van der Waals surface area contributed by atoms with E-state index < -0.39 is 0 Å². The lowest BCUT2D eigenvalue weighted by Gasteiger charge is -2.05. The molecule has 0 aliphatic carbocycles. The summed E-state index contributed by atoms with van der Waals surface area (Å²) in [7, 11) is 0. The zero-order valence-corrected chi connectivity index (χ0v) is 11.1. The molecule has 0 amide bonds. The van der Waals surface area contributed by atoms with Crippen LogP contribution in [0.1, 0.15) is 27.9 Å². The van der Waals surface area contributed by atoms with E-state index in [4.69, 9.17) is 11.6 Å². The lowest BCUT2D eigenvalue weighted by molar-refractivity contribution is 0.0982. The molecule has 0 aliphatic rings. The van der Waals surface area contributed by atoms with E-state index in [1.807, 2.05) is 24.4 Å². The minimum Gasteiger partial charge on any atom is -0.294 e. The Kier molecular flexibility index (Phi) is 3.97. The van der Waals surface area contributed by atoms with E-state index in [2.05, 4.69) is 11.4 Å². The van der Waals surface area contributed by atoms with Gasteiger partial charge in [0.2, 0.25) is 0 Å². The fourth-order valence-electron chi connectivity index (χ4n) is 1.72. The molecule has 0 saturated heterocycles.